The van der Waals surface area contributed by atoms with Crippen LogP contribution in [0, 0.1) is 0 Å². The minimum atomic E-state index is -3.73. The molecular weight excluding hydrogens is 613 g/mol. The fourth-order valence-electron chi connectivity index (χ4n) is 4.96. The van der Waals surface area contributed by atoms with Gasteiger partial charge in [-0.1, -0.05) is 12.1 Å². The molecule has 0 spiro atoms. The van der Waals surface area contributed by atoms with Crippen LogP contribution in [0.3, 0.4) is 0 Å². The van der Waals surface area contributed by atoms with Crippen molar-refractivity contribution in [3.63, 3.8) is 0 Å². The minimum absolute atomic E-state index is 0.105. The van der Waals surface area contributed by atoms with E-state index >= 15 is 0 Å². The average molecular weight is 647 g/mol. The molecule has 1 aromatic carbocycles. The van der Waals surface area contributed by atoms with Gasteiger partial charge in [-0.05, 0) is 50.0 Å². The first-order valence-electron chi connectivity index (χ1n) is 14.4. The highest BCUT2D eigenvalue weighted by Gasteiger charge is 2.21. The lowest BCUT2D eigenvalue weighted by Gasteiger charge is -2.22. The highest BCUT2D eigenvalue weighted by molar-refractivity contribution is 7.99. The van der Waals surface area contributed by atoms with Crippen LogP contribution >= 0.6 is 11.8 Å². The fourth-order valence-corrected chi connectivity index (χ4v) is 7.55. The number of fused-ring (bicyclic) bond motifs is 1. The molecule has 0 saturated carbocycles. The van der Waals surface area contributed by atoms with Crippen LogP contribution in [0.5, 0.6) is 0 Å². The van der Waals surface area contributed by atoms with Gasteiger partial charge in [0.15, 0.2) is 0 Å². The molecule has 0 bridgehead atoms. The second-order valence-electron chi connectivity index (χ2n) is 10.9. The minimum Gasteiger partial charge on any atom is -0.350 e. The van der Waals surface area contributed by atoms with Gasteiger partial charge in [0.2, 0.25) is 16.0 Å². The molecule has 5 aromatic rings. The van der Waals surface area contributed by atoms with Crippen LogP contribution in [0.25, 0.3) is 11.0 Å². The third-order valence-corrected chi connectivity index (χ3v) is 10.2. The van der Waals surface area contributed by atoms with Gasteiger partial charge in [-0.15, -0.1) is 0 Å². The second-order valence-corrected chi connectivity index (χ2v) is 14.1. The zero-order chi connectivity index (χ0) is 31.4. The maximum atomic E-state index is 13.9. The van der Waals surface area contributed by atoms with Crippen molar-refractivity contribution >= 4 is 55.8 Å². The largest absolute Gasteiger partial charge is 0.350 e. The number of aromatic nitrogens is 6. The second kappa shape index (κ2) is 13.4. The van der Waals surface area contributed by atoms with E-state index in [9.17, 15) is 13.2 Å². The molecule has 0 amide bonds. The van der Waals surface area contributed by atoms with Gasteiger partial charge in [-0.3, -0.25) is 14.3 Å². The van der Waals surface area contributed by atoms with E-state index in [1.807, 2.05) is 38.0 Å². The van der Waals surface area contributed by atoms with Gasteiger partial charge >= 0.3 is 0 Å². The number of anilines is 4. The Hall–Kier alpha value is -4.31. The summed E-state index contributed by atoms with van der Waals surface area (Å²) >= 11 is 1.94. The number of hydrogen-bond donors (Lipinski definition) is 3. The molecule has 6 rings (SSSR count). The molecule has 1 fully saturated rings. The summed E-state index contributed by atoms with van der Waals surface area (Å²) in [6, 6.07) is 13.4. The lowest BCUT2D eigenvalue weighted by Crippen LogP contribution is -2.29. The SMILES string of the molecule is CN(C)CCS(=O)(=O)n1ccnc1Cn1c(=O)c(Nc2cccnc2)cc2cnc(Nc3ccc(C4CNCCS4)cc3)nc21. The van der Waals surface area contributed by atoms with Crippen LogP contribution in [-0.4, -0.2) is 87.0 Å². The highest BCUT2D eigenvalue weighted by Crippen LogP contribution is 2.31. The van der Waals surface area contributed by atoms with Gasteiger partial charge in [0.25, 0.3) is 5.56 Å². The van der Waals surface area contributed by atoms with Crippen LogP contribution < -0.4 is 21.5 Å². The summed E-state index contributed by atoms with van der Waals surface area (Å²) in [5, 5.41) is 10.8. The van der Waals surface area contributed by atoms with Crippen molar-refractivity contribution < 1.29 is 8.42 Å². The van der Waals surface area contributed by atoms with Crippen LogP contribution in [0.15, 0.2) is 78.2 Å². The molecule has 1 aliphatic rings. The first-order chi connectivity index (χ1) is 21.8. The number of nitrogens with zero attached hydrogens (tertiary/aromatic N) is 7. The molecule has 15 heteroatoms. The predicted octanol–water partition coefficient (Wildman–Crippen LogP) is 3.04. The Bertz CT molecular complexity index is 1940. The Morgan fingerprint density at radius 2 is 1.91 bits per heavy atom. The van der Waals surface area contributed by atoms with Gasteiger partial charge in [-0.2, -0.15) is 16.7 Å². The lowest BCUT2D eigenvalue weighted by atomic mass is 10.1. The van der Waals surface area contributed by atoms with E-state index in [4.69, 9.17) is 4.98 Å². The van der Waals surface area contributed by atoms with Crippen molar-refractivity contribution in [3.05, 3.63) is 95.2 Å². The summed E-state index contributed by atoms with van der Waals surface area (Å²) in [7, 11) is -0.107. The standard InChI is InChI=1S/C30H34N10O3S2/c1-38(2)13-15-45(42,43)40-12-10-33-27(40)20-39-28-22(16-25(29(39)41)35-24-4-3-9-31-18-24)17-34-30(37-28)36-23-7-5-21(6-8-23)26-19-32-11-14-44-26/h3-10,12,16-18,26,32,35H,11,13-15,19-20H2,1-2H3,(H,34,36,37). The summed E-state index contributed by atoms with van der Waals surface area (Å²) < 4.78 is 28.9. The monoisotopic (exact) mass is 646 g/mol. The van der Waals surface area contributed by atoms with E-state index in [2.05, 4.69) is 43.0 Å². The van der Waals surface area contributed by atoms with Crippen molar-refractivity contribution in [1.82, 2.24) is 38.7 Å². The van der Waals surface area contributed by atoms with E-state index in [1.54, 1.807) is 41.7 Å². The Kier molecular flexibility index (Phi) is 9.11. The van der Waals surface area contributed by atoms with Crippen LogP contribution in [0.1, 0.15) is 16.6 Å². The normalized spacial score (nSPS) is 15.4. The van der Waals surface area contributed by atoms with E-state index in [0.29, 0.717) is 34.5 Å². The van der Waals surface area contributed by atoms with Crippen molar-refractivity contribution in [3.8, 4) is 0 Å². The average Bonchev–Trinajstić information content (AvgIpc) is 3.53. The maximum absolute atomic E-state index is 13.9. The number of hydrogen-bond acceptors (Lipinski definition) is 12. The molecule has 1 atom stereocenters. The number of pyridine rings is 2. The van der Waals surface area contributed by atoms with Crippen LogP contribution in [0.4, 0.5) is 23.0 Å². The van der Waals surface area contributed by atoms with Gasteiger partial charge in [0, 0.05) is 66.5 Å². The van der Waals surface area contributed by atoms with Gasteiger partial charge in [0.05, 0.1) is 24.2 Å². The van der Waals surface area contributed by atoms with Crippen molar-refractivity contribution in [2.75, 3.05) is 55.9 Å². The number of nitrogens with one attached hydrogen (secondary N) is 3. The summed E-state index contributed by atoms with van der Waals surface area (Å²) in [4.78, 5) is 33.4. The highest BCUT2D eigenvalue weighted by atomic mass is 32.2. The van der Waals surface area contributed by atoms with E-state index < -0.39 is 15.6 Å². The van der Waals surface area contributed by atoms with Crippen LogP contribution in [0.2, 0.25) is 0 Å². The third-order valence-electron chi connectivity index (χ3n) is 7.31. The molecule has 13 nitrogen and oxygen atoms in total. The molecule has 3 N–H and O–H groups in total. The molecule has 1 saturated heterocycles. The lowest BCUT2D eigenvalue weighted by molar-refractivity contribution is 0.431. The van der Waals surface area contributed by atoms with Crippen molar-refractivity contribution in [1.29, 1.82) is 0 Å². The summed E-state index contributed by atoms with van der Waals surface area (Å²) in [5.41, 5.74) is 2.86. The molecule has 5 heterocycles. The number of rotatable bonds is 11. The van der Waals surface area contributed by atoms with E-state index in [1.165, 1.54) is 22.5 Å². The van der Waals surface area contributed by atoms with Crippen molar-refractivity contribution in [2.24, 2.45) is 0 Å². The molecular formula is C30H34N10O3S2. The Morgan fingerprint density at radius 3 is 2.64 bits per heavy atom. The van der Waals surface area contributed by atoms with Gasteiger partial charge in [-0.25, -0.2) is 22.4 Å². The molecule has 1 aliphatic heterocycles. The Labute approximate surface area is 265 Å². The van der Waals surface area contributed by atoms with Gasteiger partial charge < -0.3 is 20.9 Å². The number of imidazole rings is 1. The molecule has 234 valence electrons. The number of thioether (sulfide) groups is 1. The zero-order valence-electron chi connectivity index (χ0n) is 24.9. The van der Waals surface area contributed by atoms with Crippen molar-refractivity contribution in [2.45, 2.75) is 11.8 Å². The quantitative estimate of drug-likeness (QED) is 0.193. The molecule has 45 heavy (non-hydrogen) atoms. The van der Waals surface area contributed by atoms with E-state index in [0.717, 1.165) is 28.5 Å². The van der Waals surface area contributed by atoms with Gasteiger partial charge in [0.1, 0.15) is 17.2 Å². The first kappa shape index (κ1) is 30.7. The zero-order valence-corrected chi connectivity index (χ0v) is 26.6. The predicted molar refractivity (Wildman–Crippen MR) is 178 cm³/mol. The summed E-state index contributed by atoms with van der Waals surface area (Å²) in [5.74, 6) is 1.47. The molecule has 4 aromatic heterocycles. The smallest absolute Gasteiger partial charge is 0.276 e. The Morgan fingerprint density at radius 1 is 1.07 bits per heavy atom. The molecule has 0 aliphatic carbocycles. The fraction of sp³-hybridized carbons (Fsp3) is 0.300. The maximum Gasteiger partial charge on any atom is 0.276 e. The topological polar surface area (TPSA) is 152 Å². The van der Waals surface area contributed by atoms with E-state index in [-0.39, 0.29) is 23.8 Å². The van der Waals surface area contributed by atoms with Crippen LogP contribution in [-0.2, 0) is 16.6 Å². The summed E-state index contributed by atoms with van der Waals surface area (Å²) in [6.45, 7) is 2.17. The third kappa shape index (κ3) is 7.17. The molecule has 1 unspecified atom stereocenters. The Balaban J connectivity index is 1.36. The molecule has 0 radical (unpaired) electrons. The first-order valence-corrected chi connectivity index (χ1v) is 17.1. The summed E-state index contributed by atoms with van der Waals surface area (Å²) in [6.07, 6.45) is 7.70. The number of benzene rings is 1.